The quantitative estimate of drug-likeness (QED) is 0.796. The summed E-state index contributed by atoms with van der Waals surface area (Å²) in [4.78, 5) is 14.7. The molecule has 1 aliphatic heterocycles. The van der Waals surface area contributed by atoms with Crippen LogP contribution in [0.5, 0.6) is 0 Å². The van der Waals surface area contributed by atoms with Gasteiger partial charge in [0.2, 0.25) is 5.91 Å². The Morgan fingerprint density at radius 3 is 2.33 bits per heavy atom. The number of piperazine rings is 1. The highest BCUT2D eigenvalue weighted by Crippen LogP contribution is 2.24. The van der Waals surface area contributed by atoms with Gasteiger partial charge in [0.1, 0.15) is 5.82 Å². The van der Waals surface area contributed by atoms with Crippen molar-refractivity contribution in [1.82, 2.24) is 9.21 Å². The molecule has 21 heavy (non-hydrogen) atoms. The molecule has 3 nitrogen and oxygen atoms in total. The van der Waals surface area contributed by atoms with Crippen LogP contribution in [0.3, 0.4) is 0 Å². The van der Waals surface area contributed by atoms with Crippen molar-refractivity contribution in [2.24, 2.45) is 5.92 Å². The molecule has 0 radical (unpaired) electrons. The molecule has 1 heterocycles. The smallest absolute Gasteiger partial charge is 0.225 e. The SMILES string of the molecule is CC.CC(C)C(=O)N1CCN(Sc2cccc(F)c2)CC1. The van der Waals surface area contributed by atoms with E-state index in [1.165, 1.54) is 12.1 Å². The van der Waals surface area contributed by atoms with Crippen molar-refractivity contribution in [1.29, 1.82) is 0 Å². The standard InChI is InChI=1S/C14H19FN2OS.C2H6/c1-11(2)14(18)16-6-8-17(9-7-16)19-13-5-3-4-12(15)10-13;1-2/h3-5,10-11H,6-9H2,1-2H3;1-2H3. The van der Waals surface area contributed by atoms with E-state index in [0.29, 0.717) is 0 Å². The number of amides is 1. The van der Waals surface area contributed by atoms with Gasteiger partial charge in [-0.25, -0.2) is 8.70 Å². The van der Waals surface area contributed by atoms with E-state index < -0.39 is 0 Å². The molecule has 0 aliphatic carbocycles. The van der Waals surface area contributed by atoms with E-state index in [9.17, 15) is 9.18 Å². The maximum absolute atomic E-state index is 13.1. The van der Waals surface area contributed by atoms with Gasteiger partial charge < -0.3 is 4.90 Å². The Morgan fingerprint density at radius 1 is 1.19 bits per heavy atom. The van der Waals surface area contributed by atoms with Crippen molar-refractivity contribution in [3.8, 4) is 0 Å². The minimum absolute atomic E-state index is 0.0578. The van der Waals surface area contributed by atoms with Crippen LogP contribution in [0.1, 0.15) is 27.7 Å². The average molecular weight is 312 g/mol. The summed E-state index contributed by atoms with van der Waals surface area (Å²) in [6.45, 7) is 11.0. The minimum atomic E-state index is -0.210. The first-order valence-electron chi connectivity index (χ1n) is 7.53. The highest BCUT2D eigenvalue weighted by atomic mass is 32.2. The summed E-state index contributed by atoms with van der Waals surface area (Å²) in [5.74, 6) is 0.0662. The van der Waals surface area contributed by atoms with Crippen molar-refractivity contribution in [2.45, 2.75) is 32.6 Å². The van der Waals surface area contributed by atoms with Gasteiger partial charge in [0.25, 0.3) is 0 Å². The van der Waals surface area contributed by atoms with Crippen molar-refractivity contribution < 1.29 is 9.18 Å². The summed E-state index contributed by atoms with van der Waals surface area (Å²) >= 11 is 1.56. The highest BCUT2D eigenvalue weighted by Gasteiger charge is 2.23. The average Bonchev–Trinajstić information content (AvgIpc) is 2.49. The molecule has 5 heteroatoms. The number of hydrogen-bond acceptors (Lipinski definition) is 3. The van der Waals surface area contributed by atoms with Gasteiger partial charge in [-0.1, -0.05) is 33.8 Å². The van der Waals surface area contributed by atoms with Gasteiger partial charge in [-0.05, 0) is 30.1 Å². The summed E-state index contributed by atoms with van der Waals surface area (Å²) < 4.78 is 15.3. The summed E-state index contributed by atoms with van der Waals surface area (Å²) in [5.41, 5.74) is 0. The number of benzene rings is 1. The lowest BCUT2D eigenvalue weighted by Gasteiger charge is -2.34. The van der Waals surface area contributed by atoms with Crippen LogP contribution in [0, 0.1) is 11.7 Å². The first-order chi connectivity index (χ1) is 10.1. The Bertz CT molecular complexity index is 446. The number of halogens is 1. The second-order valence-corrected chi connectivity index (χ2v) is 6.13. The molecule has 0 spiro atoms. The zero-order chi connectivity index (χ0) is 15.8. The van der Waals surface area contributed by atoms with Gasteiger partial charge in [-0.15, -0.1) is 0 Å². The van der Waals surface area contributed by atoms with E-state index in [2.05, 4.69) is 4.31 Å². The third-order valence-corrected chi connectivity index (χ3v) is 4.16. The number of carbonyl (C=O) groups is 1. The second-order valence-electron chi connectivity index (χ2n) is 4.96. The number of carbonyl (C=O) groups excluding carboxylic acids is 1. The van der Waals surface area contributed by atoms with Crippen LogP contribution in [-0.2, 0) is 4.79 Å². The normalized spacial score (nSPS) is 15.6. The molecule has 1 fully saturated rings. The maximum atomic E-state index is 13.1. The highest BCUT2D eigenvalue weighted by molar-refractivity contribution is 7.97. The van der Waals surface area contributed by atoms with Gasteiger partial charge >= 0.3 is 0 Å². The molecular formula is C16H25FN2OS. The van der Waals surface area contributed by atoms with E-state index in [0.717, 1.165) is 31.1 Å². The summed E-state index contributed by atoms with van der Waals surface area (Å²) in [7, 11) is 0. The Labute approximate surface area is 131 Å². The Hall–Kier alpha value is -1.07. The van der Waals surface area contributed by atoms with Gasteiger partial charge in [0, 0.05) is 37.0 Å². The predicted octanol–water partition coefficient (Wildman–Crippen LogP) is 3.66. The van der Waals surface area contributed by atoms with E-state index >= 15 is 0 Å². The topological polar surface area (TPSA) is 23.6 Å². The van der Waals surface area contributed by atoms with E-state index in [1.54, 1.807) is 18.0 Å². The number of rotatable bonds is 3. The summed E-state index contributed by atoms with van der Waals surface area (Å²) in [6.07, 6.45) is 0. The van der Waals surface area contributed by atoms with Crippen molar-refractivity contribution in [2.75, 3.05) is 26.2 Å². The first kappa shape index (κ1) is 18.0. The zero-order valence-electron chi connectivity index (χ0n) is 13.3. The third kappa shape index (κ3) is 5.67. The maximum Gasteiger partial charge on any atom is 0.225 e. The Kier molecular flexibility index (Phi) is 7.75. The van der Waals surface area contributed by atoms with Crippen LogP contribution >= 0.6 is 11.9 Å². The van der Waals surface area contributed by atoms with Gasteiger partial charge in [0.15, 0.2) is 0 Å². The molecule has 1 aromatic carbocycles. The molecule has 0 bridgehead atoms. The van der Waals surface area contributed by atoms with Crippen LogP contribution in [0.15, 0.2) is 29.2 Å². The van der Waals surface area contributed by atoms with E-state index in [4.69, 9.17) is 0 Å². The molecule has 0 atom stereocenters. The third-order valence-electron chi connectivity index (χ3n) is 3.07. The Balaban J connectivity index is 0.00000106. The largest absolute Gasteiger partial charge is 0.340 e. The van der Waals surface area contributed by atoms with Crippen LogP contribution in [-0.4, -0.2) is 41.3 Å². The van der Waals surface area contributed by atoms with E-state index in [-0.39, 0.29) is 17.6 Å². The lowest BCUT2D eigenvalue weighted by Crippen LogP contribution is -2.47. The number of nitrogens with zero attached hydrogens (tertiary/aromatic N) is 2. The molecule has 1 aliphatic rings. The van der Waals surface area contributed by atoms with Gasteiger partial charge in [0.05, 0.1) is 0 Å². The van der Waals surface area contributed by atoms with Crippen LogP contribution in [0.4, 0.5) is 4.39 Å². The fourth-order valence-electron chi connectivity index (χ4n) is 2.04. The van der Waals surface area contributed by atoms with E-state index in [1.807, 2.05) is 38.7 Å². The van der Waals surface area contributed by atoms with Crippen LogP contribution in [0.2, 0.25) is 0 Å². The summed E-state index contributed by atoms with van der Waals surface area (Å²) in [6, 6.07) is 6.61. The molecule has 2 rings (SSSR count). The first-order valence-corrected chi connectivity index (χ1v) is 8.31. The molecule has 1 aromatic rings. The molecule has 1 amide bonds. The summed E-state index contributed by atoms with van der Waals surface area (Å²) in [5, 5.41) is 0. The zero-order valence-corrected chi connectivity index (χ0v) is 14.1. The predicted molar refractivity (Wildman–Crippen MR) is 86.6 cm³/mol. The molecule has 1 saturated heterocycles. The minimum Gasteiger partial charge on any atom is -0.340 e. The molecule has 118 valence electrons. The Morgan fingerprint density at radius 2 is 1.81 bits per heavy atom. The number of hydrogen-bond donors (Lipinski definition) is 0. The van der Waals surface area contributed by atoms with Crippen molar-refractivity contribution in [3.63, 3.8) is 0 Å². The molecule has 0 unspecified atom stereocenters. The van der Waals surface area contributed by atoms with Crippen molar-refractivity contribution in [3.05, 3.63) is 30.1 Å². The fourth-order valence-corrected chi connectivity index (χ4v) is 2.99. The van der Waals surface area contributed by atoms with Crippen LogP contribution < -0.4 is 0 Å². The lowest BCUT2D eigenvalue weighted by molar-refractivity contribution is -0.135. The van der Waals surface area contributed by atoms with Crippen molar-refractivity contribution >= 4 is 17.9 Å². The fraction of sp³-hybridized carbons (Fsp3) is 0.562. The molecule has 0 N–H and O–H groups in total. The van der Waals surface area contributed by atoms with Crippen LogP contribution in [0.25, 0.3) is 0 Å². The second kappa shape index (κ2) is 9.05. The lowest BCUT2D eigenvalue weighted by atomic mass is 10.2. The molecule has 0 aromatic heterocycles. The molecule has 0 saturated carbocycles. The molecular weight excluding hydrogens is 287 g/mol. The van der Waals surface area contributed by atoms with Gasteiger partial charge in [-0.2, -0.15) is 0 Å². The van der Waals surface area contributed by atoms with Gasteiger partial charge in [-0.3, -0.25) is 4.79 Å². The monoisotopic (exact) mass is 312 g/mol.